The molecule has 1 aliphatic carbocycles. The minimum Gasteiger partial charge on any atom is -0.382 e. The van der Waals surface area contributed by atoms with Crippen LogP contribution in [0.5, 0.6) is 0 Å². The summed E-state index contributed by atoms with van der Waals surface area (Å²) < 4.78 is 15.9. The van der Waals surface area contributed by atoms with E-state index in [-0.39, 0.29) is 0 Å². The summed E-state index contributed by atoms with van der Waals surface area (Å²) in [5, 5.41) is 0. The number of ether oxygens (including phenoxy) is 3. The molecule has 0 heterocycles. The molecular weight excluding hydrogens is 216 g/mol. The van der Waals surface area contributed by atoms with Crippen LogP contribution >= 0.6 is 0 Å². The fourth-order valence-electron chi connectivity index (χ4n) is 2.44. The van der Waals surface area contributed by atoms with Crippen LogP contribution in [-0.2, 0) is 14.2 Å². The topological polar surface area (TPSA) is 27.7 Å². The Balaban J connectivity index is 2.07. The molecule has 0 bridgehead atoms. The summed E-state index contributed by atoms with van der Waals surface area (Å²) in [6.45, 7) is 8.69. The first kappa shape index (κ1) is 14.9. The Morgan fingerprint density at radius 3 is 2.18 bits per heavy atom. The van der Waals surface area contributed by atoms with Crippen LogP contribution < -0.4 is 0 Å². The molecule has 1 saturated carbocycles. The van der Waals surface area contributed by atoms with E-state index in [1.54, 1.807) is 7.11 Å². The van der Waals surface area contributed by atoms with Gasteiger partial charge >= 0.3 is 0 Å². The fourth-order valence-corrected chi connectivity index (χ4v) is 2.44. The van der Waals surface area contributed by atoms with E-state index < -0.39 is 0 Å². The van der Waals surface area contributed by atoms with Gasteiger partial charge in [-0.3, -0.25) is 0 Å². The molecule has 0 spiro atoms. The maximum absolute atomic E-state index is 5.71. The van der Waals surface area contributed by atoms with Crippen LogP contribution in [0.4, 0.5) is 0 Å². The Labute approximate surface area is 106 Å². The van der Waals surface area contributed by atoms with Crippen molar-refractivity contribution in [3.05, 3.63) is 0 Å². The third-order valence-corrected chi connectivity index (χ3v) is 3.72. The van der Waals surface area contributed by atoms with Gasteiger partial charge in [0.2, 0.25) is 0 Å². The summed E-state index contributed by atoms with van der Waals surface area (Å²) in [5.41, 5.74) is 0.444. The van der Waals surface area contributed by atoms with E-state index in [0.717, 1.165) is 5.92 Å². The molecule has 3 nitrogen and oxygen atoms in total. The molecule has 0 unspecified atom stereocenters. The summed E-state index contributed by atoms with van der Waals surface area (Å²) >= 11 is 0. The van der Waals surface area contributed by atoms with Gasteiger partial charge in [0.15, 0.2) is 0 Å². The minimum atomic E-state index is 0.399. The molecule has 0 aromatic heterocycles. The molecule has 0 aromatic rings. The highest BCUT2D eigenvalue weighted by atomic mass is 16.7. The van der Waals surface area contributed by atoms with E-state index >= 15 is 0 Å². The van der Waals surface area contributed by atoms with Gasteiger partial charge in [-0.1, -0.05) is 20.8 Å². The third kappa shape index (κ3) is 5.84. The first-order valence-corrected chi connectivity index (χ1v) is 6.72. The molecular formula is C14H28O3. The van der Waals surface area contributed by atoms with Crippen molar-refractivity contribution < 1.29 is 14.2 Å². The summed E-state index contributed by atoms with van der Waals surface area (Å²) in [5.74, 6) is 0.844. The minimum absolute atomic E-state index is 0.399. The van der Waals surface area contributed by atoms with Gasteiger partial charge < -0.3 is 14.2 Å². The monoisotopic (exact) mass is 244 g/mol. The van der Waals surface area contributed by atoms with Crippen LogP contribution in [0.2, 0.25) is 0 Å². The van der Waals surface area contributed by atoms with Crippen LogP contribution in [-0.4, -0.2) is 33.2 Å². The highest BCUT2D eigenvalue weighted by Crippen LogP contribution is 2.38. The summed E-state index contributed by atoms with van der Waals surface area (Å²) in [6.07, 6.45) is 5.32. The van der Waals surface area contributed by atoms with Crippen LogP contribution in [0.25, 0.3) is 0 Å². The van der Waals surface area contributed by atoms with E-state index in [1.807, 2.05) is 0 Å². The van der Waals surface area contributed by atoms with Crippen molar-refractivity contribution in [3.63, 3.8) is 0 Å². The van der Waals surface area contributed by atoms with Gasteiger partial charge in [-0.15, -0.1) is 0 Å². The van der Waals surface area contributed by atoms with Gasteiger partial charge in [0.25, 0.3) is 0 Å². The maximum atomic E-state index is 5.71. The molecule has 17 heavy (non-hydrogen) atoms. The van der Waals surface area contributed by atoms with E-state index in [9.17, 15) is 0 Å². The second-order valence-electron chi connectivity index (χ2n) is 6.03. The first-order valence-electron chi connectivity index (χ1n) is 6.72. The molecule has 102 valence electrons. The molecule has 0 atom stereocenters. The molecule has 1 rings (SSSR count). The average Bonchev–Trinajstić information content (AvgIpc) is 2.28. The number of methoxy groups -OCH3 is 1. The fraction of sp³-hybridized carbons (Fsp3) is 1.00. The summed E-state index contributed by atoms with van der Waals surface area (Å²) in [6, 6.07) is 0. The smallest absolute Gasteiger partial charge is 0.147 e. The van der Waals surface area contributed by atoms with Crippen molar-refractivity contribution >= 4 is 0 Å². The molecule has 0 N–H and O–H groups in total. The normalized spacial score (nSPS) is 26.1. The predicted octanol–water partition coefficient (Wildman–Crippen LogP) is 3.23. The molecule has 0 radical (unpaired) electrons. The van der Waals surface area contributed by atoms with Crippen molar-refractivity contribution in [1.29, 1.82) is 0 Å². The first-order chi connectivity index (χ1) is 8.04. The number of rotatable bonds is 6. The van der Waals surface area contributed by atoms with Gasteiger partial charge in [0.1, 0.15) is 6.79 Å². The zero-order valence-electron chi connectivity index (χ0n) is 11.8. The van der Waals surface area contributed by atoms with E-state index in [4.69, 9.17) is 14.2 Å². The Hall–Kier alpha value is -0.120. The standard InChI is InChI=1S/C14H28O3/c1-14(2,3)12-5-7-13(8-6-12)17-11-16-10-9-15-4/h12-13H,5-11H2,1-4H3. The molecule has 1 aliphatic rings. The molecule has 0 aromatic carbocycles. The zero-order valence-corrected chi connectivity index (χ0v) is 11.8. The Kier molecular flexibility index (Phi) is 6.45. The van der Waals surface area contributed by atoms with Gasteiger partial charge in [0, 0.05) is 7.11 Å². The molecule has 1 fully saturated rings. The van der Waals surface area contributed by atoms with Gasteiger partial charge in [-0.2, -0.15) is 0 Å². The SMILES string of the molecule is COCCOCOC1CCC(C(C)(C)C)CC1. The average molecular weight is 244 g/mol. The molecule has 3 heteroatoms. The lowest BCUT2D eigenvalue weighted by Gasteiger charge is -2.36. The second kappa shape index (κ2) is 7.34. The van der Waals surface area contributed by atoms with Crippen molar-refractivity contribution in [2.75, 3.05) is 27.1 Å². The molecule has 0 saturated heterocycles. The molecule has 0 amide bonds. The Morgan fingerprint density at radius 2 is 1.65 bits per heavy atom. The Morgan fingerprint density at radius 1 is 1.00 bits per heavy atom. The van der Waals surface area contributed by atoms with E-state index in [2.05, 4.69) is 20.8 Å². The van der Waals surface area contributed by atoms with Crippen LogP contribution in [0.1, 0.15) is 46.5 Å². The van der Waals surface area contributed by atoms with Crippen molar-refractivity contribution in [2.24, 2.45) is 11.3 Å². The van der Waals surface area contributed by atoms with E-state index in [1.165, 1.54) is 25.7 Å². The lowest BCUT2D eigenvalue weighted by molar-refractivity contribution is -0.111. The highest BCUT2D eigenvalue weighted by Gasteiger charge is 2.29. The van der Waals surface area contributed by atoms with Crippen LogP contribution in [0, 0.1) is 11.3 Å². The van der Waals surface area contributed by atoms with Gasteiger partial charge in [-0.05, 0) is 37.0 Å². The Bertz CT molecular complexity index is 190. The quantitative estimate of drug-likeness (QED) is 0.530. The number of hydrogen-bond acceptors (Lipinski definition) is 3. The third-order valence-electron chi connectivity index (χ3n) is 3.72. The van der Waals surface area contributed by atoms with Gasteiger partial charge in [0.05, 0.1) is 19.3 Å². The largest absolute Gasteiger partial charge is 0.382 e. The van der Waals surface area contributed by atoms with Crippen molar-refractivity contribution in [3.8, 4) is 0 Å². The van der Waals surface area contributed by atoms with E-state index in [0.29, 0.717) is 31.5 Å². The summed E-state index contributed by atoms with van der Waals surface area (Å²) in [4.78, 5) is 0. The maximum Gasteiger partial charge on any atom is 0.147 e. The molecule has 0 aliphatic heterocycles. The van der Waals surface area contributed by atoms with Crippen LogP contribution in [0.15, 0.2) is 0 Å². The van der Waals surface area contributed by atoms with Crippen molar-refractivity contribution in [1.82, 2.24) is 0 Å². The van der Waals surface area contributed by atoms with Gasteiger partial charge in [-0.25, -0.2) is 0 Å². The lowest BCUT2D eigenvalue weighted by atomic mass is 9.72. The number of hydrogen-bond donors (Lipinski definition) is 0. The zero-order chi connectivity index (χ0) is 12.7. The summed E-state index contributed by atoms with van der Waals surface area (Å²) in [7, 11) is 1.68. The van der Waals surface area contributed by atoms with Crippen LogP contribution in [0.3, 0.4) is 0 Å². The predicted molar refractivity (Wildman–Crippen MR) is 69.0 cm³/mol. The lowest BCUT2D eigenvalue weighted by Crippen LogP contribution is -2.29. The second-order valence-corrected chi connectivity index (χ2v) is 6.03. The van der Waals surface area contributed by atoms with Crippen molar-refractivity contribution in [2.45, 2.75) is 52.6 Å². The highest BCUT2D eigenvalue weighted by molar-refractivity contribution is 4.80.